The molecule has 3 aliphatic heterocycles. The normalized spacial score (nSPS) is 38.0. The van der Waals surface area contributed by atoms with Gasteiger partial charge in [0.2, 0.25) is 5.91 Å². The van der Waals surface area contributed by atoms with E-state index in [1.54, 1.807) is 0 Å². The molecule has 0 bridgehead atoms. The molecule has 17 heavy (non-hydrogen) atoms. The van der Waals surface area contributed by atoms with Crippen LogP contribution in [-0.4, -0.2) is 48.7 Å². The molecule has 3 rings (SSSR count). The molecule has 4 heteroatoms. The topological polar surface area (TPSA) is 41.6 Å². The van der Waals surface area contributed by atoms with Crippen molar-refractivity contribution in [3.63, 3.8) is 0 Å². The number of piperidine rings is 1. The maximum atomic E-state index is 12.0. The van der Waals surface area contributed by atoms with Crippen LogP contribution in [0.2, 0.25) is 0 Å². The van der Waals surface area contributed by atoms with Gasteiger partial charge in [-0.05, 0) is 38.6 Å². The third-order valence-corrected chi connectivity index (χ3v) is 4.41. The van der Waals surface area contributed by atoms with Gasteiger partial charge in [0.25, 0.3) is 0 Å². The Labute approximate surface area is 103 Å². The maximum Gasteiger partial charge on any atom is 0.249 e. The zero-order valence-electron chi connectivity index (χ0n) is 10.4. The van der Waals surface area contributed by atoms with Crippen molar-refractivity contribution in [2.45, 2.75) is 56.7 Å². The van der Waals surface area contributed by atoms with E-state index >= 15 is 0 Å². The van der Waals surface area contributed by atoms with Crippen molar-refractivity contribution >= 4 is 5.91 Å². The van der Waals surface area contributed by atoms with Gasteiger partial charge in [-0.25, -0.2) is 0 Å². The molecule has 0 spiro atoms. The predicted molar refractivity (Wildman–Crippen MR) is 64.7 cm³/mol. The molecule has 0 saturated carbocycles. The molecule has 0 aromatic rings. The molecule has 3 fully saturated rings. The number of carbonyl (C=O) groups excluding carboxylic acids is 1. The van der Waals surface area contributed by atoms with Crippen LogP contribution in [0.5, 0.6) is 0 Å². The number of carbonyl (C=O) groups is 1. The zero-order valence-corrected chi connectivity index (χ0v) is 10.4. The zero-order chi connectivity index (χ0) is 11.7. The quantitative estimate of drug-likeness (QED) is 0.777. The van der Waals surface area contributed by atoms with Crippen LogP contribution in [0.15, 0.2) is 0 Å². The van der Waals surface area contributed by atoms with Crippen molar-refractivity contribution in [3.8, 4) is 0 Å². The van der Waals surface area contributed by atoms with Crippen molar-refractivity contribution in [1.82, 2.24) is 10.2 Å². The fourth-order valence-electron chi connectivity index (χ4n) is 3.48. The van der Waals surface area contributed by atoms with E-state index in [1.807, 2.05) is 0 Å². The van der Waals surface area contributed by atoms with E-state index in [2.05, 4.69) is 10.2 Å². The highest BCUT2D eigenvalue weighted by molar-refractivity contribution is 5.81. The van der Waals surface area contributed by atoms with E-state index in [1.165, 1.54) is 25.8 Å². The van der Waals surface area contributed by atoms with E-state index in [4.69, 9.17) is 4.74 Å². The average Bonchev–Trinajstić information content (AvgIpc) is 2.98. The lowest BCUT2D eigenvalue weighted by Gasteiger charge is -2.32. The Bertz CT molecular complexity index is 289. The summed E-state index contributed by atoms with van der Waals surface area (Å²) in [6.07, 6.45) is 6.74. The second kappa shape index (κ2) is 4.94. The lowest BCUT2D eigenvalue weighted by atomic mass is 9.99. The Hall–Kier alpha value is -0.610. The highest BCUT2D eigenvalue weighted by Crippen LogP contribution is 2.27. The minimum atomic E-state index is -0.173. The van der Waals surface area contributed by atoms with Gasteiger partial charge in [0.05, 0.1) is 0 Å². The third-order valence-electron chi connectivity index (χ3n) is 4.41. The van der Waals surface area contributed by atoms with Crippen molar-refractivity contribution in [2.24, 2.45) is 0 Å². The summed E-state index contributed by atoms with van der Waals surface area (Å²) < 4.78 is 5.44. The number of nitrogens with one attached hydrogen (secondary N) is 1. The van der Waals surface area contributed by atoms with Crippen molar-refractivity contribution in [2.75, 3.05) is 19.7 Å². The molecule has 3 saturated heterocycles. The summed E-state index contributed by atoms with van der Waals surface area (Å²) in [5.41, 5.74) is 0. The number of amides is 1. The summed E-state index contributed by atoms with van der Waals surface area (Å²) in [4.78, 5) is 14.6. The number of hydrogen-bond donors (Lipinski definition) is 1. The molecule has 1 amide bonds. The molecular formula is C13H22N2O2. The molecule has 96 valence electrons. The molecule has 3 heterocycles. The van der Waals surface area contributed by atoms with Crippen molar-refractivity contribution in [1.29, 1.82) is 0 Å². The van der Waals surface area contributed by atoms with Crippen LogP contribution >= 0.6 is 0 Å². The molecule has 4 nitrogen and oxygen atoms in total. The third kappa shape index (κ3) is 2.33. The largest absolute Gasteiger partial charge is 0.368 e. The van der Waals surface area contributed by atoms with Gasteiger partial charge in [-0.3, -0.25) is 9.69 Å². The molecule has 0 aromatic heterocycles. The summed E-state index contributed by atoms with van der Waals surface area (Å²) in [7, 11) is 0. The van der Waals surface area contributed by atoms with E-state index in [9.17, 15) is 4.79 Å². The van der Waals surface area contributed by atoms with Crippen LogP contribution in [-0.2, 0) is 9.53 Å². The van der Waals surface area contributed by atoms with Gasteiger partial charge >= 0.3 is 0 Å². The first-order valence-electron chi connectivity index (χ1n) is 7.00. The molecule has 3 atom stereocenters. The van der Waals surface area contributed by atoms with Crippen LogP contribution < -0.4 is 5.32 Å². The highest BCUT2D eigenvalue weighted by atomic mass is 16.5. The maximum absolute atomic E-state index is 12.0. The Kier molecular flexibility index (Phi) is 3.34. The van der Waals surface area contributed by atoms with Crippen LogP contribution in [0.25, 0.3) is 0 Å². The molecule has 3 aliphatic rings. The Morgan fingerprint density at radius 2 is 2.06 bits per heavy atom. The Balaban J connectivity index is 1.56. The standard InChI is InChI=1S/C13H22N2O2/c16-13(12-5-3-9-17-12)14-10-6-8-15-7-2-1-4-11(10)15/h10-12H,1-9H2,(H,14,16)/t10-,11+,12+/m1/s1. The van der Waals surface area contributed by atoms with Gasteiger partial charge in [0.1, 0.15) is 6.10 Å². The van der Waals surface area contributed by atoms with E-state index in [-0.39, 0.29) is 12.0 Å². The monoisotopic (exact) mass is 238 g/mol. The summed E-state index contributed by atoms with van der Waals surface area (Å²) in [6, 6.07) is 0.959. The van der Waals surface area contributed by atoms with Crippen molar-refractivity contribution < 1.29 is 9.53 Å². The molecule has 0 unspecified atom stereocenters. The van der Waals surface area contributed by atoms with E-state index in [0.29, 0.717) is 12.1 Å². The van der Waals surface area contributed by atoms with E-state index < -0.39 is 0 Å². The fourth-order valence-corrected chi connectivity index (χ4v) is 3.48. The average molecular weight is 238 g/mol. The number of rotatable bonds is 2. The van der Waals surface area contributed by atoms with Crippen LogP contribution in [0.1, 0.15) is 38.5 Å². The molecule has 1 N–H and O–H groups in total. The lowest BCUT2D eigenvalue weighted by molar-refractivity contribution is -0.131. The van der Waals surface area contributed by atoms with Gasteiger partial charge in [-0.1, -0.05) is 6.42 Å². The number of nitrogens with zero attached hydrogens (tertiary/aromatic N) is 1. The highest BCUT2D eigenvalue weighted by Gasteiger charge is 2.37. The van der Waals surface area contributed by atoms with Crippen LogP contribution in [0.4, 0.5) is 0 Å². The lowest BCUT2D eigenvalue weighted by Crippen LogP contribution is -2.49. The molecule has 0 aromatic carbocycles. The smallest absolute Gasteiger partial charge is 0.249 e. The van der Waals surface area contributed by atoms with Gasteiger partial charge in [0.15, 0.2) is 0 Å². The summed E-state index contributed by atoms with van der Waals surface area (Å²) >= 11 is 0. The van der Waals surface area contributed by atoms with Crippen molar-refractivity contribution in [3.05, 3.63) is 0 Å². The minimum Gasteiger partial charge on any atom is -0.368 e. The van der Waals surface area contributed by atoms with Gasteiger partial charge in [-0.15, -0.1) is 0 Å². The first-order valence-corrected chi connectivity index (χ1v) is 7.00. The predicted octanol–water partition coefficient (Wildman–Crippen LogP) is 0.908. The van der Waals surface area contributed by atoms with Gasteiger partial charge < -0.3 is 10.1 Å². The molecule has 0 aliphatic carbocycles. The van der Waals surface area contributed by atoms with Gasteiger partial charge in [0, 0.05) is 25.2 Å². The SMILES string of the molecule is O=C(N[C@@H]1CCN2CCCC[C@@H]12)[C@@H]1CCCO1. The molecule has 0 radical (unpaired) electrons. The fraction of sp³-hybridized carbons (Fsp3) is 0.923. The van der Waals surface area contributed by atoms with Gasteiger partial charge in [-0.2, -0.15) is 0 Å². The Morgan fingerprint density at radius 1 is 1.12 bits per heavy atom. The summed E-state index contributed by atoms with van der Waals surface area (Å²) in [5, 5.41) is 3.21. The molecular weight excluding hydrogens is 216 g/mol. The number of fused-ring (bicyclic) bond motifs is 1. The number of ether oxygens (including phenoxy) is 1. The first-order chi connectivity index (χ1) is 8.34. The first kappa shape index (κ1) is 11.5. The summed E-state index contributed by atoms with van der Waals surface area (Å²) in [6.45, 7) is 3.12. The second-order valence-electron chi connectivity index (χ2n) is 5.50. The minimum absolute atomic E-state index is 0.125. The Morgan fingerprint density at radius 3 is 2.88 bits per heavy atom. The second-order valence-corrected chi connectivity index (χ2v) is 5.50. The van der Waals surface area contributed by atoms with Crippen LogP contribution in [0.3, 0.4) is 0 Å². The number of hydrogen-bond acceptors (Lipinski definition) is 3. The van der Waals surface area contributed by atoms with Crippen LogP contribution in [0, 0.1) is 0 Å². The van der Waals surface area contributed by atoms with E-state index in [0.717, 1.165) is 32.4 Å². The summed E-state index contributed by atoms with van der Waals surface area (Å²) in [5.74, 6) is 0.125.